The lowest BCUT2D eigenvalue weighted by Gasteiger charge is -2.23. The molecule has 0 spiro atoms. The molecule has 3 aromatic rings. The fraction of sp³-hybridized carbons (Fsp3) is 0.273. The minimum atomic E-state index is -1.26. The molecule has 10 heteroatoms. The lowest BCUT2D eigenvalue weighted by Crippen LogP contribution is -2.40. The van der Waals surface area contributed by atoms with Crippen LogP contribution in [0.1, 0.15) is 24.8 Å². The third-order valence-electron chi connectivity index (χ3n) is 5.46. The van der Waals surface area contributed by atoms with Gasteiger partial charge in [0.2, 0.25) is 11.8 Å². The Labute approximate surface area is 191 Å². The van der Waals surface area contributed by atoms with Crippen LogP contribution in [0.4, 0.5) is 4.79 Å². The highest BCUT2D eigenvalue weighted by Crippen LogP contribution is 2.37. The van der Waals surface area contributed by atoms with Crippen molar-refractivity contribution in [1.82, 2.24) is 20.4 Å². The number of fused-ring (bicyclic) bond motifs is 1. The molecule has 164 valence electrons. The number of imide groups is 1. The van der Waals surface area contributed by atoms with Crippen molar-refractivity contribution >= 4 is 27.9 Å². The molecule has 3 heterocycles. The Balaban J connectivity index is 1.39. The average Bonchev–Trinajstić information content (AvgIpc) is 3.23. The number of carbonyl (C=O) groups excluding carboxylic acids is 2. The van der Waals surface area contributed by atoms with E-state index in [0.29, 0.717) is 36.2 Å². The first kappa shape index (κ1) is 20.5. The number of nitrogens with one attached hydrogen (secondary N) is 1. The van der Waals surface area contributed by atoms with Gasteiger partial charge in [-0.1, -0.05) is 18.2 Å². The van der Waals surface area contributed by atoms with E-state index < -0.39 is 17.5 Å². The van der Waals surface area contributed by atoms with Gasteiger partial charge >= 0.3 is 6.03 Å². The summed E-state index contributed by atoms with van der Waals surface area (Å²) >= 11 is 3.45. The number of urea groups is 1. The quantitative estimate of drug-likeness (QED) is 0.547. The number of rotatable bonds is 4. The molecule has 1 aromatic heterocycles. The minimum absolute atomic E-state index is 0.137. The molecule has 5 rings (SSSR count). The number of amides is 3. The van der Waals surface area contributed by atoms with E-state index in [1.807, 2.05) is 24.3 Å². The summed E-state index contributed by atoms with van der Waals surface area (Å²) < 4.78 is 17.9. The number of ether oxygens (including phenoxy) is 2. The molecular weight excluding hydrogens is 480 g/mol. The first-order chi connectivity index (χ1) is 15.5. The van der Waals surface area contributed by atoms with Crippen LogP contribution in [-0.4, -0.2) is 40.2 Å². The molecular formula is C22H19BrN4O5. The van der Waals surface area contributed by atoms with Crippen molar-refractivity contribution in [3.63, 3.8) is 0 Å². The summed E-state index contributed by atoms with van der Waals surface area (Å²) in [4.78, 5) is 27.0. The highest BCUT2D eigenvalue weighted by Gasteiger charge is 2.49. The lowest BCUT2D eigenvalue weighted by atomic mass is 9.91. The molecule has 1 N–H and O–H groups in total. The second-order valence-corrected chi connectivity index (χ2v) is 8.49. The van der Waals surface area contributed by atoms with Crippen LogP contribution in [0.3, 0.4) is 0 Å². The largest absolute Gasteiger partial charge is 0.490 e. The fourth-order valence-electron chi connectivity index (χ4n) is 3.71. The Bertz CT molecular complexity index is 1210. The summed E-state index contributed by atoms with van der Waals surface area (Å²) in [5.41, 5.74) is 0.0649. The zero-order chi connectivity index (χ0) is 22.3. The molecule has 2 aliphatic heterocycles. The molecule has 0 unspecified atom stereocenters. The standard InChI is InChI=1S/C22H19BrN4O5/c1-22(13-7-8-16-17(11-13)31-10-4-9-30-16)20(28)27(21(29)24-22)12-18-25-26-19(32-18)14-5-2-3-6-15(14)23/h2-3,5-8,11H,4,9-10,12H2,1H3,(H,24,29)/t22-/m0/s1. The maximum atomic E-state index is 13.3. The van der Waals surface area contributed by atoms with Gasteiger partial charge in [-0.3, -0.25) is 9.69 Å². The van der Waals surface area contributed by atoms with E-state index >= 15 is 0 Å². The summed E-state index contributed by atoms with van der Waals surface area (Å²) in [7, 11) is 0. The van der Waals surface area contributed by atoms with Gasteiger partial charge in [0, 0.05) is 10.9 Å². The normalized spacial score (nSPS) is 20.2. The lowest BCUT2D eigenvalue weighted by molar-refractivity contribution is -0.131. The number of benzene rings is 2. The van der Waals surface area contributed by atoms with Crippen LogP contribution < -0.4 is 14.8 Å². The fourth-order valence-corrected chi connectivity index (χ4v) is 4.16. The van der Waals surface area contributed by atoms with Gasteiger partial charge in [-0.25, -0.2) is 4.79 Å². The van der Waals surface area contributed by atoms with Crippen molar-refractivity contribution in [3.8, 4) is 23.0 Å². The molecule has 9 nitrogen and oxygen atoms in total. The van der Waals surface area contributed by atoms with E-state index in [0.717, 1.165) is 21.4 Å². The highest BCUT2D eigenvalue weighted by atomic mass is 79.9. The summed E-state index contributed by atoms with van der Waals surface area (Å²) in [6.07, 6.45) is 0.774. The smallest absolute Gasteiger partial charge is 0.325 e. The molecule has 0 saturated carbocycles. The third-order valence-corrected chi connectivity index (χ3v) is 6.16. The summed E-state index contributed by atoms with van der Waals surface area (Å²) in [5.74, 6) is 1.20. The van der Waals surface area contributed by atoms with Gasteiger partial charge < -0.3 is 19.2 Å². The Morgan fingerprint density at radius 3 is 2.69 bits per heavy atom. The molecule has 32 heavy (non-hydrogen) atoms. The SMILES string of the molecule is C[C@@]1(c2ccc3c(c2)OCCCO3)NC(=O)N(Cc2nnc(-c3ccccc3Br)o2)C1=O. The number of hydrogen-bond acceptors (Lipinski definition) is 7. The second kappa shape index (κ2) is 7.94. The average molecular weight is 499 g/mol. The van der Waals surface area contributed by atoms with Gasteiger partial charge in [0.25, 0.3) is 5.91 Å². The van der Waals surface area contributed by atoms with Gasteiger partial charge in [0.05, 0.1) is 18.8 Å². The number of hydrogen-bond donors (Lipinski definition) is 1. The number of carbonyl (C=O) groups is 2. The first-order valence-corrected chi connectivity index (χ1v) is 10.9. The van der Waals surface area contributed by atoms with E-state index in [1.54, 1.807) is 25.1 Å². The van der Waals surface area contributed by atoms with Crippen LogP contribution in [0.25, 0.3) is 11.5 Å². The number of nitrogens with zero attached hydrogens (tertiary/aromatic N) is 3. The molecule has 0 bridgehead atoms. The number of aromatic nitrogens is 2. The molecule has 1 saturated heterocycles. The van der Waals surface area contributed by atoms with Gasteiger partial charge in [0.15, 0.2) is 11.5 Å². The Kier molecular flexibility index (Phi) is 5.09. The van der Waals surface area contributed by atoms with Crippen LogP contribution in [0, 0.1) is 0 Å². The van der Waals surface area contributed by atoms with Gasteiger partial charge in [-0.2, -0.15) is 0 Å². The maximum absolute atomic E-state index is 13.3. The van der Waals surface area contributed by atoms with Gasteiger partial charge in [-0.05, 0) is 52.7 Å². The topological polar surface area (TPSA) is 107 Å². The Morgan fingerprint density at radius 1 is 1.09 bits per heavy atom. The third kappa shape index (κ3) is 3.50. The molecule has 2 aliphatic rings. The van der Waals surface area contributed by atoms with Crippen molar-refractivity contribution < 1.29 is 23.5 Å². The maximum Gasteiger partial charge on any atom is 0.325 e. The first-order valence-electron chi connectivity index (χ1n) is 10.1. The summed E-state index contributed by atoms with van der Waals surface area (Å²) in [5, 5.41) is 10.8. The van der Waals surface area contributed by atoms with Gasteiger partial charge in [-0.15, -0.1) is 10.2 Å². The van der Waals surface area contributed by atoms with Crippen LogP contribution >= 0.6 is 15.9 Å². The van der Waals surface area contributed by atoms with E-state index in [2.05, 4.69) is 31.4 Å². The van der Waals surface area contributed by atoms with Crippen LogP contribution in [0.5, 0.6) is 11.5 Å². The number of halogens is 1. The van der Waals surface area contributed by atoms with Crippen molar-refractivity contribution in [2.75, 3.05) is 13.2 Å². The molecule has 0 aliphatic carbocycles. The predicted molar refractivity (Wildman–Crippen MR) is 116 cm³/mol. The van der Waals surface area contributed by atoms with Crippen molar-refractivity contribution in [3.05, 3.63) is 58.4 Å². The minimum Gasteiger partial charge on any atom is -0.490 e. The van der Waals surface area contributed by atoms with Crippen LogP contribution in [0.15, 0.2) is 51.4 Å². The predicted octanol–water partition coefficient (Wildman–Crippen LogP) is 3.63. The van der Waals surface area contributed by atoms with Crippen molar-refractivity contribution in [1.29, 1.82) is 0 Å². The zero-order valence-electron chi connectivity index (χ0n) is 17.1. The van der Waals surface area contributed by atoms with E-state index in [4.69, 9.17) is 13.9 Å². The Hall–Kier alpha value is -3.40. The van der Waals surface area contributed by atoms with E-state index in [1.165, 1.54) is 0 Å². The van der Waals surface area contributed by atoms with Crippen molar-refractivity contribution in [2.24, 2.45) is 0 Å². The van der Waals surface area contributed by atoms with E-state index in [-0.39, 0.29) is 12.4 Å². The summed E-state index contributed by atoms with van der Waals surface area (Å²) in [6, 6.07) is 12.1. The van der Waals surface area contributed by atoms with Crippen LogP contribution in [0.2, 0.25) is 0 Å². The summed E-state index contributed by atoms with van der Waals surface area (Å²) in [6.45, 7) is 2.62. The van der Waals surface area contributed by atoms with E-state index in [9.17, 15) is 9.59 Å². The van der Waals surface area contributed by atoms with Crippen LogP contribution in [-0.2, 0) is 16.9 Å². The molecule has 2 aromatic carbocycles. The zero-order valence-corrected chi connectivity index (χ0v) is 18.7. The van der Waals surface area contributed by atoms with Crippen molar-refractivity contribution in [2.45, 2.75) is 25.4 Å². The second-order valence-electron chi connectivity index (χ2n) is 7.64. The Morgan fingerprint density at radius 2 is 1.88 bits per heavy atom. The molecule has 1 atom stereocenters. The molecule has 0 radical (unpaired) electrons. The molecule has 1 fully saturated rings. The monoisotopic (exact) mass is 498 g/mol. The van der Waals surface area contributed by atoms with Gasteiger partial charge in [0.1, 0.15) is 12.1 Å². The molecule has 3 amide bonds. The highest BCUT2D eigenvalue weighted by molar-refractivity contribution is 9.10.